The molecular formula is C18H28N4O2S. The van der Waals surface area contributed by atoms with Crippen LogP contribution in [0.1, 0.15) is 33.6 Å². The molecule has 1 aromatic heterocycles. The number of piperidine rings is 1. The number of amides is 2. The fourth-order valence-corrected chi connectivity index (χ4v) is 4.25. The van der Waals surface area contributed by atoms with Crippen LogP contribution in [0.15, 0.2) is 11.6 Å². The van der Waals surface area contributed by atoms with E-state index in [-0.39, 0.29) is 23.1 Å². The van der Waals surface area contributed by atoms with Crippen molar-refractivity contribution in [2.45, 2.75) is 33.6 Å². The normalized spacial score (nSPS) is 20.0. The molecule has 3 rings (SSSR count). The first-order valence-electron chi connectivity index (χ1n) is 9.09. The number of carbonyl (C=O) groups excluding carboxylic acids is 2. The molecule has 2 fully saturated rings. The van der Waals surface area contributed by atoms with Crippen LogP contribution in [0.5, 0.6) is 0 Å². The van der Waals surface area contributed by atoms with Gasteiger partial charge in [-0.1, -0.05) is 20.8 Å². The zero-order valence-corrected chi connectivity index (χ0v) is 16.2. The van der Waals surface area contributed by atoms with Gasteiger partial charge in [-0.3, -0.25) is 9.59 Å². The first-order valence-corrected chi connectivity index (χ1v) is 9.97. The Morgan fingerprint density at radius 2 is 1.68 bits per heavy atom. The molecule has 138 valence electrons. The SMILES string of the molecule is CC(C)(C)C(=O)N1CCC(C(=O)N2CCN(c3nccs3)CC2)CC1. The van der Waals surface area contributed by atoms with E-state index in [1.54, 1.807) is 11.3 Å². The highest BCUT2D eigenvalue weighted by molar-refractivity contribution is 7.13. The topological polar surface area (TPSA) is 56.8 Å². The maximum Gasteiger partial charge on any atom is 0.227 e. The van der Waals surface area contributed by atoms with Crippen molar-refractivity contribution >= 4 is 28.3 Å². The highest BCUT2D eigenvalue weighted by Gasteiger charge is 2.34. The first-order chi connectivity index (χ1) is 11.9. The number of carbonyl (C=O) groups is 2. The summed E-state index contributed by atoms with van der Waals surface area (Å²) >= 11 is 1.65. The van der Waals surface area contributed by atoms with Crippen molar-refractivity contribution in [1.82, 2.24) is 14.8 Å². The van der Waals surface area contributed by atoms with Gasteiger partial charge in [0.25, 0.3) is 0 Å². The number of thiazole rings is 1. The molecule has 0 bridgehead atoms. The van der Waals surface area contributed by atoms with Crippen LogP contribution in [0, 0.1) is 11.3 Å². The van der Waals surface area contributed by atoms with Gasteiger partial charge in [-0.25, -0.2) is 4.98 Å². The number of anilines is 1. The molecule has 25 heavy (non-hydrogen) atoms. The van der Waals surface area contributed by atoms with E-state index in [2.05, 4.69) is 9.88 Å². The molecule has 2 aliphatic heterocycles. The van der Waals surface area contributed by atoms with Crippen molar-refractivity contribution in [3.8, 4) is 0 Å². The van der Waals surface area contributed by atoms with Crippen LogP contribution < -0.4 is 4.90 Å². The maximum atomic E-state index is 12.8. The van der Waals surface area contributed by atoms with Crippen molar-refractivity contribution in [2.75, 3.05) is 44.2 Å². The molecule has 6 nitrogen and oxygen atoms in total. The van der Waals surface area contributed by atoms with Crippen LogP contribution in [0.25, 0.3) is 0 Å². The van der Waals surface area contributed by atoms with Crippen molar-refractivity contribution in [3.63, 3.8) is 0 Å². The van der Waals surface area contributed by atoms with Gasteiger partial charge in [0.15, 0.2) is 5.13 Å². The Morgan fingerprint density at radius 3 is 2.20 bits per heavy atom. The van der Waals surface area contributed by atoms with Crippen molar-refractivity contribution in [2.24, 2.45) is 11.3 Å². The van der Waals surface area contributed by atoms with Crippen molar-refractivity contribution in [3.05, 3.63) is 11.6 Å². The number of likely N-dealkylation sites (tertiary alicyclic amines) is 1. The summed E-state index contributed by atoms with van der Waals surface area (Å²) in [5.74, 6) is 0.521. The van der Waals surface area contributed by atoms with Gasteiger partial charge >= 0.3 is 0 Å². The average molecular weight is 365 g/mol. The van der Waals surface area contributed by atoms with Crippen LogP contribution in [-0.2, 0) is 9.59 Å². The van der Waals surface area contributed by atoms with Gasteiger partial charge in [-0.2, -0.15) is 0 Å². The summed E-state index contributed by atoms with van der Waals surface area (Å²) < 4.78 is 0. The van der Waals surface area contributed by atoms with Crippen molar-refractivity contribution in [1.29, 1.82) is 0 Å². The number of aromatic nitrogens is 1. The van der Waals surface area contributed by atoms with Gasteiger partial charge in [0.05, 0.1) is 0 Å². The summed E-state index contributed by atoms with van der Waals surface area (Å²) in [7, 11) is 0. The molecule has 3 heterocycles. The van der Waals surface area contributed by atoms with Gasteiger partial charge in [0.2, 0.25) is 11.8 Å². The number of nitrogens with zero attached hydrogens (tertiary/aromatic N) is 4. The molecule has 1 aromatic rings. The van der Waals surface area contributed by atoms with E-state index in [0.29, 0.717) is 13.1 Å². The van der Waals surface area contributed by atoms with Crippen LogP contribution in [-0.4, -0.2) is 65.9 Å². The largest absolute Gasteiger partial charge is 0.345 e. The first kappa shape index (κ1) is 18.2. The maximum absolute atomic E-state index is 12.8. The monoisotopic (exact) mass is 364 g/mol. The molecule has 0 N–H and O–H groups in total. The molecule has 0 atom stereocenters. The Hall–Kier alpha value is -1.63. The highest BCUT2D eigenvalue weighted by Crippen LogP contribution is 2.26. The van der Waals surface area contributed by atoms with Crippen LogP contribution in [0.4, 0.5) is 5.13 Å². The number of hydrogen-bond donors (Lipinski definition) is 0. The molecule has 0 aromatic carbocycles. The predicted molar refractivity (Wildman–Crippen MR) is 99.7 cm³/mol. The number of piperazine rings is 1. The zero-order chi connectivity index (χ0) is 18.0. The Labute approximate surface area is 153 Å². The smallest absolute Gasteiger partial charge is 0.227 e. The van der Waals surface area contributed by atoms with Crippen LogP contribution >= 0.6 is 11.3 Å². The van der Waals surface area contributed by atoms with E-state index in [4.69, 9.17) is 0 Å². The fraction of sp³-hybridized carbons (Fsp3) is 0.722. The predicted octanol–water partition coefficient (Wildman–Crippen LogP) is 2.08. The summed E-state index contributed by atoms with van der Waals surface area (Å²) in [6.45, 7) is 10.5. The lowest BCUT2D eigenvalue weighted by atomic mass is 9.90. The summed E-state index contributed by atoms with van der Waals surface area (Å²) in [6, 6.07) is 0. The zero-order valence-electron chi connectivity index (χ0n) is 15.4. The molecule has 7 heteroatoms. The lowest BCUT2D eigenvalue weighted by molar-refractivity contribution is -0.145. The van der Waals surface area contributed by atoms with E-state index < -0.39 is 0 Å². The highest BCUT2D eigenvalue weighted by atomic mass is 32.1. The van der Waals surface area contributed by atoms with E-state index in [1.165, 1.54) is 0 Å². The molecule has 0 radical (unpaired) electrons. The van der Waals surface area contributed by atoms with E-state index in [9.17, 15) is 9.59 Å². The number of hydrogen-bond acceptors (Lipinski definition) is 5. The fourth-order valence-electron chi connectivity index (χ4n) is 3.55. The van der Waals surface area contributed by atoms with Crippen LogP contribution in [0.3, 0.4) is 0 Å². The van der Waals surface area contributed by atoms with Gasteiger partial charge in [0, 0.05) is 62.2 Å². The third-order valence-electron chi connectivity index (χ3n) is 5.05. The second kappa shape index (κ2) is 7.32. The second-order valence-corrected chi connectivity index (χ2v) is 8.82. The van der Waals surface area contributed by atoms with Gasteiger partial charge in [-0.15, -0.1) is 11.3 Å². The Kier molecular flexibility index (Phi) is 5.32. The summed E-state index contributed by atoms with van der Waals surface area (Å²) in [5, 5.41) is 3.03. The van der Waals surface area contributed by atoms with Gasteiger partial charge in [-0.05, 0) is 12.8 Å². The minimum Gasteiger partial charge on any atom is -0.345 e. The van der Waals surface area contributed by atoms with Crippen LogP contribution in [0.2, 0.25) is 0 Å². The minimum atomic E-state index is -0.344. The molecule has 2 aliphatic rings. The van der Waals surface area contributed by atoms with Crippen molar-refractivity contribution < 1.29 is 9.59 Å². The summed E-state index contributed by atoms with van der Waals surface area (Å²) in [6.07, 6.45) is 3.39. The molecule has 0 unspecified atom stereocenters. The number of rotatable bonds is 2. The molecular weight excluding hydrogens is 336 g/mol. The second-order valence-electron chi connectivity index (χ2n) is 7.94. The molecule has 2 saturated heterocycles. The van der Waals surface area contributed by atoms with Gasteiger partial charge < -0.3 is 14.7 Å². The summed E-state index contributed by atoms with van der Waals surface area (Å²) in [5.41, 5.74) is -0.344. The third kappa shape index (κ3) is 4.14. The Bertz CT molecular complexity index is 595. The Balaban J connectivity index is 1.48. The third-order valence-corrected chi connectivity index (χ3v) is 5.89. The lowest BCUT2D eigenvalue weighted by Gasteiger charge is -2.39. The van der Waals surface area contributed by atoms with Gasteiger partial charge in [0.1, 0.15) is 0 Å². The summed E-state index contributed by atoms with van der Waals surface area (Å²) in [4.78, 5) is 35.7. The van der Waals surface area contributed by atoms with E-state index in [1.807, 2.05) is 42.1 Å². The quantitative estimate of drug-likeness (QED) is 0.806. The van der Waals surface area contributed by atoms with E-state index >= 15 is 0 Å². The average Bonchev–Trinajstić information content (AvgIpc) is 3.14. The Morgan fingerprint density at radius 1 is 1.04 bits per heavy atom. The standard InChI is InChI=1S/C18H28N4O2S/c1-18(2,3)16(24)21-7-4-14(5-8-21)15(23)20-9-11-22(12-10-20)17-19-6-13-25-17/h6,13-14H,4-5,7-12H2,1-3H3. The molecule has 0 saturated carbocycles. The molecule has 0 spiro atoms. The lowest BCUT2D eigenvalue weighted by Crippen LogP contribution is -2.52. The molecule has 0 aliphatic carbocycles. The van der Waals surface area contributed by atoms with E-state index in [0.717, 1.165) is 44.2 Å². The minimum absolute atomic E-state index is 0.0652. The molecule has 2 amide bonds.